The van der Waals surface area contributed by atoms with Gasteiger partial charge in [0.25, 0.3) is 0 Å². The summed E-state index contributed by atoms with van der Waals surface area (Å²) in [7, 11) is 0. The number of ether oxygens (including phenoxy) is 2. The molecule has 0 amide bonds. The van der Waals surface area contributed by atoms with Crippen LogP contribution in [-0.4, -0.2) is 18.3 Å². The van der Waals surface area contributed by atoms with Crippen molar-refractivity contribution in [3.8, 4) is 11.5 Å². The molecule has 0 unspecified atom stereocenters. The van der Waals surface area contributed by atoms with Gasteiger partial charge in [0.2, 0.25) is 0 Å². The molecule has 3 rings (SSSR count). The molecule has 0 saturated carbocycles. The van der Waals surface area contributed by atoms with Gasteiger partial charge in [-0.3, -0.25) is 0 Å². The summed E-state index contributed by atoms with van der Waals surface area (Å²) in [6.07, 6.45) is 1.66. The van der Waals surface area contributed by atoms with E-state index in [0.29, 0.717) is 18.6 Å². The van der Waals surface area contributed by atoms with E-state index in [1.54, 1.807) is 12.1 Å². The minimum absolute atomic E-state index is 0.172. The summed E-state index contributed by atoms with van der Waals surface area (Å²) in [5.41, 5.74) is 2.93. The maximum Gasteiger partial charge on any atom is 0.165 e. The molecule has 0 spiro atoms. The molecule has 0 bridgehead atoms. The Bertz CT molecular complexity index is 640. The minimum atomic E-state index is -0.441. The lowest BCUT2D eigenvalue weighted by Crippen LogP contribution is -2.03. The number of hydrogen-bond donors (Lipinski definition) is 1. The van der Waals surface area contributed by atoms with Crippen LogP contribution in [0, 0.1) is 5.82 Å². The van der Waals surface area contributed by atoms with Crippen LogP contribution in [0.3, 0.4) is 0 Å². The third-order valence-electron chi connectivity index (χ3n) is 3.58. The Morgan fingerprint density at radius 3 is 2.81 bits per heavy atom. The molecule has 0 aliphatic carbocycles. The fourth-order valence-corrected chi connectivity index (χ4v) is 2.43. The minimum Gasteiger partial charge on any atom is -0.493 e. The summed E-state index contributed by atoms with van der Waals surface area (Å²) in [6.45, 7) is 0.987. The van der Waals surface area contributed by atoms with Crippen molar-refractivity contribution in [3.05, 3.63) is 58.9 Å². The monoisotopic (exact) mass is 288 g/mol. The zero-order chi connectivity index (χ0) is 14.7. The number of halogens is 1. The first-order chi connectivity index (χ1) is 10.3. The molecule has 3 nitrogen and oxygen atoms in total. The summed E-state index contributed by atoms with van der Waals surface area (Å²) in [5, 5.41) is 8.94. The van der Waals surface area contributed by atoms with Crippen molar-refractivity contribution >= 4 is 0 Å². The molecule has 0 atom stereocenters. The van der Waals surface area contributed by atoms with E-state index in [2.05, 4.69) is 6.07 Å². The molecule has 2 aromatic rings. The third-order valence-corrected chi connectivity index (χ3v) is 3.58. The maximum atomic E-state index is 13.7. The van der Waals surface area contributed by atoms with Gasteiger partial charge in [-0.05, 0) is 34.9 Å². The first-order valence-electron chi connectivity index (χ1n) is 7.03. The Kier molecular flexibility index (Phi) is 4.06. The van der Waals surface area contributed by atoms with Crippen molar-refractivity contribution in [2.24, 2.45) is 0 Å². The van der Waals surface area contributed by atoms with Crippen molar-refractivity contribution in [2.45, 2.75) is 19.4 Å². The van der Waals surface area contributed by atoms with Gasteiger partial charge in [0.1, 0.15) is 5.75 Å². The second-order valence-corrected chi connectivity index (χ2v) is 5.06. The quantitative estimate of drug-likeness (QED) is 0.919. The first kappa shape index (κ1) is 13.9. The highest BCUT2D eigenvalue weighted by Crippen LogP contribution is 2.26. The molecule has 1 heterocycles. The molecule has 0 fully saturated rings. The van der Waals surface area contributed by atoms with E-state index >= 15 is 0 Å². The maximum absolute atomic E-state index is 13.7. The summed E-state index contributed by atoms with van der Waals surface area (Å²) >= 11 is 0. The first-order valence-corrected chi connectivity index (χ1v) is 7.03. The van der Waals surface area contributed by atoms with Crippen LogP contribution in [0.4, 0.5) is 4.39 Å². The Morgan fingerprint density at radius 1 is 1.14 bits per heavy atom. The highest BCUT2D eigenvalue weighted by molar-refractivity contribution is 5.40. The molecule has 0 aromatic heterocycles. The van der Waals surface area contributed by atoms with E-state index < -0.39 is 5.82 Å². The molecule has 0 saturated heterocycles. The topological polar surface area (TPSA) is 38.7 Å². The van der Waals surface area contributed by atoms with Crippen LogP contribution in [0.5, 0.6) is 11.5 Å². The van der Waals surface area contributed by atoms with Gasteiger partial charge in [0.15, 0.2) is 11.6 Å². The number of hydrogen-bond acceptors (Lipinski definition) is 3. The predicted octanol–water partition coefficient (Wildman–Crippen LogP) is 2.87. The van der Waals surface area contributed by atoms with Crippen molar-refractivity contribution in [3.63, 3.8) is 0 Å². The normalized spacial score (nSPS) is 12.9. The smallest absolute Gasteiger partial charge is 0.165 e. The molecule has 21 heavy (non-hydrogen) atoms. The van der Waals surface area contributed by atoms with Crippen LogP contribution >= 0.6 is 0 Å². The second kappa shape index (κ2) is 6.14. The predicted molar refractivity (Wildman–Crippen MR) is 77.2 cm³/mol. The summed E-state index contributed by atoms with van der Waals surface area (Å²) in [5.74, 6) is 0.742. The highest BCUT2D eigenvalue weighted by Gasteiger charge is 2.12. The molecule has 4 heteroatoms. The molecule has 2 aromatic carbocycles. The zero-order valence-electron chi connectivity index (χ0n) is 11.6. The molecule has 0 radical (unpaired) electrons. The molecular weight excluding hydrogens is 271 g/mol. The van der Waals surface area contributed by atoms with Crippen LogP contribution in [0.15, 0.2) is 36.4 Å². The molecular formula is C17H17FO3. The fraction of sp³-hybridized carbons (Fsp3) is 0.294. The van der Waals surface area contributed by atoms with Gasteiger partial charge in [-0.1, -0.05) is 18.2 Å². The lowest BCUT2D eigenvalue weighted by atomic mass is 10.1. The van der Waals surface area contributed by atoms with E-state index in [0.717, 1.165) is 24.3 Å². The second-order valence-electron chi connectivity index (χ2n) is 5.06. The highest BCUT2D eigenvalue weighted by atomic mass is 19.1. The van der Waals surface area contributed by atoms with Gasteiger partial charge < -0.3 is 14.6 Å². The standard InChI is InChI=1S/C17H17FO3/c18-15-10-13(11-19)2-4-17(15)21-7-5-12-1-3-16-14(9-12)6-8-20-16/h1-4,9-10,19H,5-8,11H2. The number of aliphatic hydroxyl groups is 1. The van der Waals surface area contributed by atoms with Crippen LogP contribution < -0.4 is 9.47 Å². The van der Waals surface area contributed by atoms with Crippen molar-refractivity contribution in [1.29, 1.82) is 0 Å². The summed E-state index contributed by atoms with van der Waals surface area (Å²) in [6, 6.07) is 10.6. The number of rotatable bonds is 5. The lowest BCUT2D eigenvalue weighted by molar-refractivity contribution is 0.279. The molecule has 1 aliphatic rings. The Morgan fingerprint density at radius 2 is 2.00 bits per heavy atom. The largest absolute Gasteiger partial charge is 0.493 e. The van der Waals surface area contributed by atoms with Gasteiger partial charge in [-0.2, -0.15) is 0 Å². The molecule has 1 N–H and O–H groups in total. The summed E-state index contributed by atoms with van der Waals surface area (Å²) < 4.78 is 24.6. The Hall–Kier alpha value is -2.07. The average Bonchev–Trinajstić information content (AvgIpc) is 2.96. The van der Waals surface area contributed by atoms with Crippen LogP contribution in [-0.2, 0) is 19.4 Å². The number of fused-ring (bicyclic) bond motifs is 1. The number of aliphatic hydroxyl groups excluding tert-OH is 1. The van der Waals surface area contributed by atoms with Gasteiger partial charge in [0.05, 0.1) is 19.8 Å². The van der Waals surface area contributed by atoms with Gasteiger partial charge in [-0.25, -0.2) is 4.39 Å². The SMILES string of the molecule is OCc1ccc(OCCc2ccc3c(c2)CCO3)c(F)c1. The molecule has 1 aliphatic heterocycles. The van der Waals surface area contributed by atoms with Gasteiger partial charge >= 0.3 is 0 Å². The van der Waals surface area contributed by atoms with E-state index in [1.165, 1.54) is 11.6 Å². The zero-order valence-corrected chi connectivity index (χ0v) is 11.6. The van der Waals surface area contributed by atoms with Crippen molar-refractivity contribution < 1.29 is 19.0 Å². The molecule has 110 valence electrons. The van der Waals surface area contributed by atoms with Crippen molar-refractivity contribution in [1.82, 2.24) is 0 Å². The fourth-order valence-electron chi connectivity index (χ4n) is 2.43. The van der Waals surface area contributed by atoms with E-state index in [-0.39, 0.29) is 12.4 Å². The Labute approximate surface area is 122 Å². The number of benzene rings is 2. The van der Waals surface area contributed by atoms with Gasteiger partial charge in [0, 0.05) is 12.8 Å². The van der Waals surface area contributed by atoms with Crippen LogP contribution in [0.25, 0.3) is 0 Å². The van der Waals surface area contributed by atoms with E-state index in [4.69, 9.17) is 14.6 Å². The van der Waals surface area contributed by atoms with Crippen molar-refractivity contribution in [2.75, 3.05) is 13.2 Å². The van der Waals surface area contributed by atoms with Crippen LogP contribution in [0.2, 0.25) is 0 Å². The average molecular weight is 288 g/mol. The van der Waals surface area contributed by atoms with Gasteiger partial charge in [-0.15, -0.1) is 0 Å². The van der Waals surface area contributed by atoms with E-state index in [9.17, 15) is 4.39 Å². The van der Waals surface area contributed by atoms with E-state index in [1.807, 2.05) is 12.1 Å². The Balaban J connectivity index is 1.58. The van der Waals surface area contributed by atoms with Crippen LogP contribution in [0.1, 0.15) is 16.7 Å². The third kappa shape index (κ3) is 3.16. The lowest BCUT2D eigenvalue weighted by Gasteiger charge is -2.09. The summed E-state index contributed by atoms with van der Waals surface area (Å²) in [4.78, 5) is 0.